The van der Waals surface area contributed by atoms with Crippen LogP contribution in [0.4, 0.5) is 28.4 Å². The zero-order valence-corrected chi connectivity index (χ0v) is 22.7. The molecule has 0 N–H and O–H groups in total. The molecule has 2 nitrogen and oxygen atoms in total. The topological polar surface area (TPSA) is 6.48 Å². The van der Waals surface area contributed by atoms with E-state index in [1.165, 1.54) is 22.3 Å². The van der Waals surface area contributed by atoms with Crippen LogP contribution in [-0.4, -0.2) is 7.05 Å². The third-order valence-electron chi connectivity index (χ3n) is 7.28. The molecule has 0 bridgehead atoms. The first-order valence-corrected chi connectivity index (χ1v) is 13.7. The van der Waals surface area contributed by atoms with E-state index in [2.05, 4.69) is 181 Å². The van der Waals surface area contributed by atoms with Gasteiger partial charge < -0.3 is 9.80 Å². The van der Waals surface area contributed by atoms with Crippen molar-refractivity contribution in [2.24, 2.45) is 0 Å². The fourth-order valence-corrected chi connectivity index (χ4v) is 5.13. The van der Waals surface area contributed by atoms with Crippen molar-refractivity contribution >= 4 is 28.4 Å². The lowest BCUT2D eigenvalue weighted by atomic mass is 10.00. The van der Waals surface area contributed by atoms with Gasteiger partial charge in [-0.1, -0.05) is 109 Å². The molecule has 6 rings (SSSR count). The van der Waals surface area contributed by atoms with Crippen LogP contribution in [0.25, 0.3) is 11.1 Å². The second-order valence-corrected chi connectivity index (χ2v) is 10.00. The smallest absolute Gasteiger partial charge is 0.0482 e. The summed E-state index contributed by atoms with van der Waals surface area (Å²) in [5.41, 5.74) is 10.7. The Balaban J connectivity index is 1.27. The van der Waals surface area contributed by atoms with Crippen molar-refractivity contribution in [3.8, 4) is 11.1 Å². The average molecular weight is 517 g/mol. The van der Waals surface area contributed by atoms with E-state index >= 15 is 0 Å². The Morgan fingerprint density at radius 3 is 1.48 bits per heavy atom. The van der Waals surface area contributed by atoms with Gasteiger partial charge in [-0.15, -0.1) is 0 Å². The van der Waals surface area contributed by atoms with E-state index in [-0.39, 0.29) is 0 Å². The van der Waals surface area contributed by atoms with E-state index in [0.717, 1.165) is 34.9 Å². The molecule has 0 unspecified atom stereocenters. The van der Waals surface area contributed by atoms with Crippen LogP contribution >= 0.6 is 0 Å². The molecule has 6 aromatic carbocycles. The van der Waals surface area contributed by atoms with Gasteiger partial charge in [0.15, 0.2) is 0 Å². The minimum Gasteiger partial charge on any atom is -0.345 e. The number of nitrogens with zero attached hydrogens (tertiary/aromatic N) is 2. The summed E-state index contributed by atoms with van der Waals surface area (Å²) in [6, 6.07) is 58.1. The number of para-hydroxylation sites is 2. The maximum absolute atomic E-state index is 2.30. The van der Waals surface area contributed by atoms with Crippen LogP contribution in [0, 0.1) is 0 Å². The second kappa shape index (κ2) is 11.8. The van der Waals surface area contributed by atoms with Gasteiger partial charge in [0.05, 0.1) is 0 Å². The lowest BCUT2D eigenvalue weighted by molar-refractivity contribution is 1.19. The maximum Gasteiger partial charge on any atom is 0.0482 e. The van der Waals surface area contributed by atoms with Crippen molar-refractivity contribution in [1.82, 2.24) is 0 Å². The van der Waals surface area contributed by atoms with Crippen LogP contribution in [0.2, 0.25) is 0 Å². The highest BCUT2D eigenvalue weighted by atomic mass is 15.2. The van der Waals surface area contributed by atoms with Gasteiger partial charge in [-0.3, -0.25) is 0 Å². The highest BCUT2D eigenvalue weighted by Crippen LogP contribution is 2.37. The summed E-state index contributed by atoms with van der Waals surface area (Å²) in [5.74, 6) is 0. The first kappa shape index (κ1) is 25.2. The van der Waals surface area contributed by atoms with Crippen molar-refractivity contribution in [1.29, 1.82) is 0 Å². The Hall–Kier alpha value is -5.08. The molecule has 6 aromatic rings. The first-order chi connectivity index (χ1) is 19.7. The molecule has 0 aliphatic carbocycles. The fourth-order valence-electron chi connectivity index (χ4n) is 5.13. The molecule has 0 amide bonds. The molecule has 0 saturated carbocycles. The molecule has 0 aromatic heterocycles. The predicted octanol–water partition coefficient (Wildman–Crippen LogP) is 10.2. The number of hydrogen-bond acceptors (Lipinski definition) is 2. The maximum atomic E-state index is 2.30. The zero-order valence-electron chi connectivity index (χ0n) is 22.7. The molecule has 194 valence electrons. The van der Waals surface area contributed by atoms with E-state index in [4.69, 9.17) is 0 Å². The summed E-state index contributed by atoms with van der Waals surface area (Å²) in [4.78, 5) is 4.55. The van der Waals surface area contributed by atoms with Gasteiger partial charge in [0.1, 0.15) is 0 Å². The molecule has 0 saturated heterocycles. The fraction of sp³-hybridized carbons (Fsp3) is 0.0526. The quantitative estimate of drug-likeness (QED) is 0.199. The van der Waals surface area contributed by atoms with E-state index in [1.807, 2.05) is 0 Å². The zero-order chi connectivity index (χ0) is 27.1. The van der Waals surface area contributed by atoms with E-state index in [9.17, 15) is 0 Å². The molecule has 40 heavy (non-hydrogen) atoms. The van der Waals surface area contributed by atoms with Gasteiger partial charge in [-0.2, -0.15) is 0 Å². The lowest BCUT2D eigenvalue weighted by Crippen LogP contribution is -2.13. The highest BCUT2D eigenvalue weighted by molar-refractivity contribution is 5.80. The molecular weight excluding hydrogens is 484 g/mol. The predicted molar refractivity (Wildman–Crippen MR) is 170 cm³/mol. The molecule has 0 heterocycles. The number of benzene rings is 6. The van der Waals surface area contributed by atoms with Crippen molar-refractivity contribution in [2.45, 2.75) is 6.42 Å². The number of hydrogen-bond donors (Lipinski definition) is 0. The molecule has 0 radical (unpaired) electrons. The average Bonchev–Trinajstić information content (AvgIpc) is 3.03. The van der Waals surface area contributed by atoms with Gasteiger partial charge in [0.25, 0.3) is 0 Å². The summed E-state index contributed by atoms with van der Waals surface area (Å²) in [6.07, 6.45) is 0.948. The first-order valence-electron chi connectivity index (χ1n) is 13.7. The molecule has 0 fully saturated rings. The monoisotopic (exact) mass is 516 g/mol. The number of rotatable bonds is 8. The lowest BCUT2D eigenvalue weighted by Gasteiger charge is -2.27. The summed E-state index contributed by atoms with van der Waals surface area (Å²) >= 11 is 0. The van der Waals surface area contributed by atoms with Crippen LogP contribution in [0.1, 0.15) is 11.1 Å². The van der Waals surface area contributed by atoms with Gasteiger partial charge in [-0.25, -0.2) is 0 Å². The normalized spacial score (nSPS) is 10.7. The van der Waals surface area contributed by atoms with Crippen molar-refractivity contribution in [3.63, 3.8) is 0 Å². The summed E-state index contributed by atoms with van der Waals surface area (Å²) in [5, 5.41) is 0. The minimum absolute atomic E-state index is 0.948. The van der Waals surface area contributed by atoms with Crippen molar-refractivity contribution < 1.29 is 0 Å². The number of anilines is 5. The Labute approximate surface area is 237 Å². The van der Waals surface area contributed by atoms with Crippen LogP contribution in [0.15, 0.2) is 164 Å². The van der Waals surface area contributed by atoms with E-state index in [0.29, 0.717) is 0 Å². The van der Waals surface area contributed by atoms with Crippen molar-refractivity contribution in [2.75, 3.05) is 16.8 Å². The van der Waals surface area contributed by atoms with E-state index in [1.54, 1.807) is 0 Å². The standard InChI is InChI=1S/C38H32N2/c1-39(36-20-11-15-33(28-36)32-25-23-31(24-26-32)27-30-13-5-2-6-14-30)37-21-12-22-38(29-37)40(34-16-7-3-8-17-34)35-18-9-4-10-19-35/h2-26,28-29H,27H2,1H3. The van der Waals surface area contributed by atoms with Gasteiger partial charge in [-0.05, 0) is 83.3 Å². The van der Waals surface area contributed by atoms with Gasteiger partial charge in [0.2, 0.25) is 0 Å². The van der Waals surface area contributed by atoms with Crippen LogP contribution < -0.4 is 9.80 Å². The van der Waals surface area contributed by atoms with Gasteiger partial charge >= 0.3 is 0 Å². The molecule has 0 aliphatic heterocycles. The van der Waals surface area contributed by atoms with Crippen LogP contribution in [0.3, 0.4) is 0 Å². The highest BCUT2D eigenvalue weighted by Gasteiger charge is 2.14. The third kappa shape index (κ3) is 5.67. The second-order valence-electron chi connectivity index (χ2n) is 10.00. The van der Waals surface area contributed by atoms with Crippen molar-refractivity contribution in [3.05, 3.63) is 175 Å². The molecule has 0 atom stereocenters. The Kier molecular flexibility index (Phi) is 7.41. The molecule has 2 heteroatoms. The van der Waals surface area contributed by atoms with Gasteiger partial charge in [0, 0.05) is 35.5 Å². The largest absolute Gasteiger partial charge is 0.345 e. The van der Waals surface area contributed by atoms with Crippen LogP contribution in [0.5, 0.6) is 0 Å². The summed E-state index contributed by atoms with van der Waals surface area (Å²) in [7, 11) is 2.14. The minimum atomic E-state index is 0.948. The molecule has 0 aliphatic rings. The molecule has 0 spiro atoms. The summed E-state index contributed by atoms with van der Waals surface area (Å²) in [6.45, 7) is 0. The third-order valence-corrected chi connectivity index (χ3v) is 7.28. The Morgan fingerprint density at radius 2 is 0.850 bits per heavy atom. The summed E-state index contributed by atoms with van der Waals surface area (Å²) < 4.78 is 0. The Morgan fingerprint density at radius 1 is 0.375 bits per heavy atom. The SMILES string of the molecule is CN(c1cccc(-c2ccc(Cc3ccccc3)cc2)c1)c1cccc(N(c2ccccc2)c2ccccc2)c1. The van der Waals surface area contributed by atoms with Crippen LogP contribution in [-0.2, 0) is 6.42 Å². The van der Waals surface area contributed by atoms with E-state index < -0.39 is 0 Å². The Bertz CT molecular complexity index is 1620. The molecular formula is C38H32N2.